The molecule has 1 aliphatic carbocycles. The quantitative estimate of drug-likeness (QED) is 0.514. The van der Waals surface area contributed by atoms with Crippen molar-refractivity contribution in [2.75, 3.05) is 0 Å². The minimum absolute atomic E-state index is 0.0327. The van der Waals surface area contributed by atoms with Gasteiger partial charge in [-0.2, -0.15) is 0 Å². The summed E-state index contributed by atoms with van der Waals surface area (Å²) < 4.78 is 12.7. The summed E-state index contributed by atoms with van der Waals surface area (Å²) in [5.74, 6) is 0. The Labute approximate surface area is 63.0 Å². The van der Waals surface area contributed by atoms with E-state index < -0.39 is 24.4 Å². The van der Waals surface area contributed by atoms with Crippen molar-refractivity contribution in [3.63, 3.8) is 0 Å². The van der Waals surface area contributed by atoms with Crippen LogP contribution in [0, 0.1) is 0 Å². The molecule has 1 aliphatic rings. The Hall–Kier alpha value is -0.840. The Morgan fingerprint density at radius 3 is 2.55 bits per heavy atom. The normalized spacial score (nSPS) is 37.1. The van der Waals surface area contributed by atoms with E-state index in [1.165, 1.54) is 0 Å². The Kier molecular flexibility index (Phi) is 2.28. The molecule has 1 rings (SSSR count). The van der Waals surface area contributed by atoms with Gasteiger partial charge < -0.3 is 15.5 Å². The summed E-state index contributed by atoms with van der Waals surface area (Å²) in [6, 6.07) is -0.734. The molecule has 0 aliphatic heterocycles. The highest BCUT2D eigenvalue weighted by atomic mass is 19.1. The van der Waals surface area contributed by atoms with Gasteiger partial charge in [0.15, 0.2) is 0 Å². The van der Waals surface area contributed by atoms with Crippen molar-refractivity contribution in [1.29, 1.82) is 0 Å². The molecule has 1 amide bonds. The minimum atomic E-state index is -1.25. The van der Waals surface area contributed by atoms with E-state index >= 15 is 0 Å². The number of amides is 1. The highest BCUT2D eigenvalue weighted by Gasteiger charge is 2.34. The molecule has 0 aromatic rings. The van der Waals surface area contributed by atoms with Gasteiger partial charge in [0.25, 0.3) is 0 Å². The fourth-order valence-corrected chi connectivity index (χ4v) is 1.27. The second-order valence-electron chi connectivity index (χ2n) is 2.70. The maximum atomic E-state index is 12.7. The number of nitrogens with one attached hydrogen (secondary N) is 1. The lowest BCUT2D eigenvalue weighted by Gasteiger charge is -2.10. The lowest BCUT2D eigenvalue weighted by atomic mass is 10.2. The lowest BCUT2D eigenvalue weighted by molar-refractivity contribution is 0.171. The van der Waals surface area contributed by atoms with E-state index in [4.69, 9.17) is 10.2 Å². The van der Waals surface area contributed by atoms with E-state index in [0.717, 1.165) is 0 Å². The number of carboxylic acid groups (broad SMARTS) is 1. The van der Waals surface area contributed by atoms with Crippen LogP contribution in [0.5, 0.6) is 0 Å². The Balaban J connectivity index is 2.40. The van der Waals surface area contributed by atoms with E-state index in [1.54, 1.807) is 0 Å². The van der Waals surface area contributed by atoms with Gasteiger partial charge in [-0.15, -0.1) is 0 Å². The van der Waals surface area contributed by atoms with Gasteiger partial charge in [-0.3, -0.25) is 0 Å². The van der Waals surface area contributed by atoms with Crippen molar-refractivity contribution in [3.8, 4) is 0 Å². The Morgan fingerprint density at radius 1 is 1.55 bits per heavy atom. The highest BCUT2D eigenvalue weighted by molar-refractivity contribution is 5.65. The average Bonchev–Trinajstić information content (AvgIpc) is 2.09. The monoisotopic (exact) mass is 163 g/mol. The summed E-state index contributed by atoms with van der Waals surface area (Å²) in [6.45, 7) is 0. The summed E-state index contributed by atoms with van der Waals surface area (Å²) in [5.41, 5.74) is 0. The van der Waals surface area contributed by atoms with Crippen LogP contribution in [0.3, 0.4) is 0 Å². The Morgan fingerprint density at radius 2 is 2.18 bits per heavy atom. The molecule has 5 heteroatoms. The standard InChI is InChI=1S/C6H10FNO3/c7-4-1-3(9)2-5(4)8-6(10)11/h3-5,8-9H,1-2H2,(H,10,11). The molecule has 1 fully saturated rings. The number of aliphatic hydroxyl groups excluding tert-OH is 1. The largest absolute Gasteiger partial charge is 0.465 e. The van der Waals surface area contributed by atoms with Crippen molar-refractivity contribution >= 4 is 6.09 Å². The molecule has 4 nitrogen and oxygen atoms in total. The molecule has 0 aromatic carbocycles. The third kappa shape index (κ3) is 2.04. The molecule has 3 N–H and O–H groups in total. The maximum Gasteiger partial charge on any atom is 0.404 e. The van der Waals surface area contributed by atoms with E-state index in [2.05, 4.69) is 0 Å². The summed E-state index contributed by atoms with van der Waals surface area (Å²) in [5, 5.41) is 19.1. The summed E-state index contributed by atoms with van der Waals surface area (Å²) >= 11 is 0. The first-order valence-corrected chi connectivity index (χ1v) is 3.41. The molecule has 64 valence electrons. The van der Waals surface area contributed by atoms with Gasteiger partial charge in [0.2, 0.25) is 0 Å². The summed E-state index contributed by atoms with van der Waals surface area (Å²) in [6.07, 6.45) is -2.99. The number of rotatable bonds is 1. The van der Waals surface area contributed by atoms with Crippen LogP contribution < -0.4 is 5.32 Å². The lowest BCUT2D eigenvalue weighted by Crippen LogP contribution is -2.37. The summed E-state index contributed by atoms with van der Waals surface area (Å²) in [4.78, 5) is 10.0. The van der Waals surface area contributed by atoms with Crippen LogP contribution in [0.1, 0.15) is 12.8 Å². The van der Waals surface area contributed by atoms with Gasteiger partial charge in [-0.05, 0) is 6.42 Å². The maximum absolute atomic E-state index is 12.7. The molecule has 0 heterocycles. The molecule has 0 saturated heterocycles. The van der Waals surface area contributed by atoms with Gasteiger partial charge in [0.1, 0.15) is 6.17 Å². The second kappa shape index (κ2) is 3.04. The van der Waals surface area contributed by atoms with Crippen LogP contribution >= 0.6 is 0 Å². The first kappa shape index (κ1) is 8.26. The van der Waals surface area contributed by atoms with Crippen LogP contribution in [0.2, 0.25) is 0 Å². The van der Waals surface area contributed by atoms with Crippen molar-refractivity contribution in [2.45, 2.75) is 31.2 Å². The number of aliphatic hydroxyl groups is 1. The molecule has 3 unspecified atom stereocenters. The number of carbonyl (C=O) groups is 1. The third-order valence-electron chi connectivity index (χ3n) is 1.77. The molecule has 0 spiro atoms. The fraction of sp³-hybridized carbons (Fsp3) is 0.833. The smallest absolute Gasteiger partial charge is 0.404 e. The molecule has 0 bridgehead atoms. The number of hydrogen-bond donors (Lipinski definition) is 3. The van der Waals surface area contributed by atoms with E-state index in [1.807, 2.05) is 5.32 Å². The van der Waals surface area contributed by atoms with Crippen LogP contribution in [0.25, 0.3) is 0 Å². The zero-order chi connectivity index (χ0) is 8.43. The zero-order valence-electron chi connectivity index (χ0n) is 5.83. The second-order valence-corrected chi connectivity index (χ2v) is 2.70. The van der Waals surface area contributed by atoms with Crippen LogP contribution in [-0.2, 0) is 0 Å². The third-order valence-corrected chi connectivity index (χ3v) is 1.77. The van der Waals surface area contributed by atoms with Crippen LogP contribution in [0.4, 0.5) is 9.18 Å². The molecular formula is C6H10FNO3. The first-order valence-electron chi connectivity index (χ1n) is 3.41. The van der Waals surface area contributed by atoms with E-state index in [0.29, 0.717) is 0 Å². The number of alkyl halides is 1. The van der Waals surface area contributed by atoms with Gasteiger partial charge >= 0.3 is 6.09 Å². The topological polar surface area (TPSA) is 69.6 Å². The van der Waals surface area contributed by atoms with Crippen LogP contribution in [-0.4, -0.2) is 34.6 Å². The van der Waals surface area contributed by atoms with E-state index in [9.17, 15) is 9.18 Å². The average molecular weight is 163 g/mol. The predicted molar refractivity (Wildman–Crippen MR) is 35.1 cm³/mol. The Bertz CT molecular complexity index is 164. The van der Waals surface area contributed by atoms with Crippen LogP contribution in [0.15, 0.2) is 0 Å². The minimum Gasteiger partial charge on any atom is -0.465 e. The molecular weight excluding hydrogens is 153 g/mol. The SMILES string of the molecule is O=C(O)NC1CC(O)CC1F. The van der Waals surface area contributed by atoms with Gasteiger partial charge in [-0.1, -0.05) is 0 Å². The van der Waals surface area contributed by atoms with Gasteiger partial charge in [-0.25, -0.2) is 9.18 Å². The van der Waals surface area contributed by atoms with Gasteiger partial charge in [0.05, 0.1) is 12.1 Å². The number of halogens is 1. The summed E-state index contributed by atoms with van der Waals surface area (Å²) in [7, 11) is 0. The molecule has 0 aromatic heterocycles. The van der Waals surface area contributed by atoms with Crippen molar-refractivity contribution in [2.24, 2.45) is 0 Å². The predicted octanol–water partition coefficient (Wildman–Crippen LogP) is 0.115. The van der Waals surface area contributed by atoms with Crippen molar-refractivity contribution in [1.82, 2.24) is 5.32 Å². The molecule has 1 saturated carbocycles. The van der Waals surface area contributed by atoms with Gasteiger partial charge in [0, 0.05) is 6.42 Å². The molecule has 3 atom stereocenters. The highest BCUT2D eigenvalue weighted by Crippen LogP contribution is 2.22. The zero-order valence-corrected chi connectivity index (χ0v) is 5.83. The van der Waals surface area contributed by atoms with Crippen molar-refractivity contribution in [3.05, 3.63) is 0 Å². The van der Waals surface area contributed by atoms with Crippen molar-refractivity contribution < 1.29 is 19.4 Å². The molecule has 11 heavy (non-hydrogen) atoms. The van der Waals surface area contributed by atoms with E-state index in [-0.39, 0.29) is 12.8 Å². The number of hydrogen-bond acceptors (Lipinski definition) is 2. The first-order chi connectivity index (χ1) is 5.09. The fourth-order valence-electron chi connectivity index (χ4n) is 1.27. The molecule has 0 radical (unpaired) electrons.